The van der Waals surface area contributed by atoms with Gasteiger partial charge in [0.25, 0.3) is 0 Å². The average molecular weight is 193 g/mol. The fraction of sp³-hybridized carbons (Fsp3) is 0.500. The number of para-hydroxylation sites is 1. The van der Waals surface area contributed by atoms with E-state index in [0.717, 1.165) is 12.2 Å². The van der Waals surface area contributed by atoms with E-state index in [4.69, 9.17) is 10.5 Å². The van der Waals surface area contributed by atoms with Crippen LogP contribution in [0.1, 0.15) is 24.5 Å². The lowest BCUT2D eigenvalue weighted by molar-refractivity contribution is 0.202. The monoisotopic (exact) mass is 193 g/mol. The van der Waals surface area contributed by atoms with Crippen molar-refractivity contribution in [3.05, 3.63) is 29.3 Å². The SMILES string of the molecule is CCC(CN)Oc1c(C)cccc1C. The van der Waals surface area contributed by atoms with E-state index in [2.05, 4.69) is 32.9 Å². The van der Waals surface area contributed by atoms with Gasteiger partial charge in [0.05, 0.1) is 0 Å². The summed E-state index contributed by atoms with van der Waals surface area (Å²) in [7, 11) is 0. The first-order valence-electron chi connectivity index (χ1n) is 5.12. The number of hydrogen-bond acceptors (Lipinski definition) is 2. The second-order valence-electron chi connectivity index (χ2n) is 3.60. The van der Waals surface area contributed by atoms with Crippen molar-refractivity contribution in [2.75, 3.05) is 6.54 Å². The fourth-order valence-corrected chi connectivity index (χ4v) is 1.45. The van der Waals surface area contributed by atoms with Crippen LogP contribution in [-0.2, 0) is 0 Å². The van der Waals surface area contributed by atoms with Crippen molar-refractivity contribution in [1.29, 1.82) is 0 Å². The molecule has 0 saturated carbocycles. The third kappa shape index (κ3) is 2.48. The standard InChI is InChI=1S/C12H19NO/c1-4-11(8-13)14-12-9(2)6-5-7-10(12)3/h5-7,11H,4,8,13H2,1-3H3. The van der Waals surface area contributed by atoms with Gasteiger partial charge in [-0.05, 0) is 31.4 Å². The highest BCUT2D eigenvalue weighted by Crippen LogP contribution is 2.23. The van der Waals surface area contributed by atoms with Gasteiger partial charge in [0.2, 0.25) is 0 Å². The number of nitrogens with two attached hydrogens (primary N) is 1. The van der Waals surface area contributed by atoms with Gasteiger partial charge in [-0.15, -0.1) is 0 Å². The summed E-state index contributed by atoms with van der Waals surface area (Å²) >= 11 is 0. The maximum Gasteiger partial charge on any atom is 0.125 e. The molecule has 0 spiro atoms. The quantitative estimate of drug-likeness (QED) is 0.797. The van der Waals surface area contributed by atoms with Crippen molar-refractivity contribution in [1.82, 2.24) is 0 Å². The molecular weight excluding hydrogens is 174 g/mol. The maximum atomic E-state index is 5.85. The van der Waals surface area contributed by atoms with Gasteiger partial charge < -0.3 is 10.5 Å². The predicted molar refractivity (Wildman–Crippen MR) is 59.7 cm³/mol. The molecule has 1 aromatic rings. The van der Waals surface area contributed by atoms with E-state index in [9.17, 15) is 0 Å². The number of hydrogen-bond donors (Lipinski definition) is 1. The first-order valence-corrected chi connectivity index (χ1v) is 5.12. The van der Waals surface area contributed by atoms with E-state index in [1.165, 1.54) is 11.1 Å². The summed E-state index contributed by atoms with van der Waals surface area (Å²) in [4.78, 5) is 0. The number of aryl methyl sites for hydroxylation is 2. The maximum absolute atomic E-state index is 5.85. The van der Waals surface area contributed by atoms with Crippen molar-refractivity contribution in [2.24, 2.45) is 5.73 Å². The summed E-state index contributed by atoms with van der Waals surface area (Å²) in [6.07, 6.45) is 1.08. The smallest absolute Gasteiger partial charge is 0.125 e. The van der Waals surface area contributed by atoms with Gasteiger partial charge in [0.1, 0.15) is 11.9 Å². The first-order chi connectivity index (χ1) is 6.69. The molecule has 2 N–H and O–H groups in total. The van der Waals surface area contributed by atoms with Gasteiger partial charge in [0, 0.05) is 6.54 Å². The van der Waals surface area contributed by atoms with Gasteiger partial charge in [-0.2, -0.15) is 0 Å². The summed E-state index contributed by atoms with van der Waals surface area (Å²) in [6, 6.07) is 6.16. The lowest BCUT2D eigenvalue weighted by atomic mass is 10.1. The zero-order chi connectivity index (χ0) is 10.6. The summed E-state index contributed by atoms with van der Waals surface area (Å²) in [5.74, 6) is 0.991. The van der Waals surface area contributed by atoms with Crippen LogP contribution in [0.25, 0.3) is 0 Å². The molecule has 2 nitrogen and oxygen atoms in total. The molecule has 0 aliphatic rings. The van der Waals surface area contributed by atoms with Crippen LogP contribution in [0.5, 0.6) is 5.75 Å². The van der Waals surface area contributed by atoms with Crippen molar-refractivity contribution in [2.45, 2.75) is 33.3 Å². The van der Waals surface area contributed by atoms with Crippen LogP contribution in [-0.4, -0.2) is 12.6 Å². The van der Waals surface area contributed by atoms with Crippen molar-refractivity contribution >= 4 is 0 Å². The van der Waals surface area contributed by atoms with Crippen LogP contribution in [0.4, 0.5) is 0 Å². The van der Waals surface area contributed by atoms with Crippen LogP contribution in [0.3, 0.4) is 0 Å². The molecule has 0 aromatic heterocycles. The Kier molecular flexibility index (Phi) is 3.96. The van der Waals surface area contributed by atoms with Gasteiger partial charge in [0.15, 0.2) is 0 Å². The Balaban J connectivity index is 2.84. The van der Waals surface area contributed by atoms with Gasteiger partial charge in [-0.1, -0.05) is 25.1 Å². The van der Waals surface area contributed by atoms with Crippen LogP contribution in [0, 0.1) is 13.8 Å². The minimum atomic E-state index is 0.134. The molecule has 0 aliphatic carbocycles. The minimum absolute atomic E-state index is 0.134. The van der Waals surface area contributed by atoms with Crippen molar-refractivity contribution in [3.8, 4) is 5.75 Å². The van der Waals surface area contributed by atoms with E-state index in [-0.39, 0.29) is 6.10 Å². The second-order valence-corrected chi connectivity index (χ2v) is 3.60. The van der Waals surface area contributed by atoms with Crippen molar-refractivity contribution in [3.63, 3.8) is 0 Å². The van der Waals surface area contributed by atoms with E-state index in [1.54, 1.807) is 0 Å². The molecule has 0 bridgehead atoms. The zero-order valence-corrected chi connectivity index (χ0v) is 9.21. The molecule has 0 fully saturated rings. The van der Waals surface area contributed by atoms with E-state index < -0.39 is 0 Å². The molecule has 1 aromatic carbocycles. The van der Waals surface area contributed by atoms with Crippen LogP contribution < -0.4 is 10.5 Å². The molecule has 2 heteroatoms. The minimum Gasteiger partial charge on any atom is -0.489 e. The Hall–Kier alpha value is -1.02. The van der Waals surface area contributed by atoms with Crippen LogP contribution in [0.15, 0.2) is 18.2 Å². The molecule has 1 atom stereocenters. The fourth-order valence-electron chi connectivity index (χ4n) is 1.45. The highest BCUT2D eigenvalue weighted by molar-refractivity contribution is 5.39. The van der Waals surface area contributed by atoms with E-state index in [0.29, 0.717) is 6.54 Å². The summed E-state index contributed by atoms with van der Waals surface area (Å²) in [5, 5.41) is 0. The first kappa shape index (κ1) is 11.1. The molecular formula is C12H19NO. The Morgan fingerprint density at radius 1 is 1.29 bits per heavy atom. The molecule has 0 amide bonds. The third-order valence-corrected chi connectivity index (χ3v) is 2.41. The topological polar surface area (TPSA) is 35.2 Å². The lowest BCUT2D eigenvalue weighted by Crippen LogP contribution is -2.26. The van der Waals surface area contributed by atoms with Crippen LogP contribution in [0.2, 0.25) is 0 Å². The van der Waals surface area contributed by atoms with Gasteiger partial charge >= 0.3 is 0 Å². The molecule has 1 unspecified atom stereocenters. The molecule has 0 heterocycles. The summed E-state index contributed by atoms with van der Waals surface area (Å²) < 4.78 is 5.85. The second kappa shape index (κ2) is 5.01. The Morgan fingerprint density at radius 2 is 1.86 bits per heavy atom. The molecule has 78 valence electrons. The summed E-state index contributed by atoms with van der Waals surface area (Å²) in [5.41, 5.74) is 7.96. The third-order valence-electron chi connectivity index (χ3n) is 2.41. The van der Waals surface area contributed by atoms with Crippen molar-refractivity contribution < 1.29 is 4.74 Å². The highest BCUT2D eigenvalue weighted by Gasteiger charge is 2.09. The molecule has 0 saturated heterocycles. The van der Waals surface area contributed by atoms with Gasteiger partial charge in [-0.25, -0.2) is 0 Å². The van der Waals surface area contributed by atoms with Crippen LogP contribution >= 0.6 is 0 Å². The van der Waals surface area contributed by atoms with Gasteiger partial charge in [-0.3, -0.25) is 0 Å². The Labute approximate surface area is 86.1 Å². The summed E-state index contributed by atoms with van der Waals surface area (Å²) in [6.45, 7) is 6.78. The number of benzene rings is 1. The molecule has 0 aliphatic heterocycles. The largest absolute Gasteiger partial charge is 0.489 e. The predicted octanol–water partition coefficient (Wildman–Crippen LogP) is 2.42. The Morgan fingerprint density at radius 3 is 2.29 bits per heavy atom. The highest BCUT2D eigenvalue weighted by atomic mass is 16.5. The normalized spacial score (nSPS) is 12.6. The number of rotatable bonds is 4. The average Bonchev–Trinajstić information content (AvgIpc) is 2.18. The van der Waals surface area contributed by atoms with E-state index in [1.807, 2.05) is 6.07 Å². The lowest BCUT2D eigenvalue weighted by Gasteiger charge is -2.18. The Bertz CT molecular complexity index is 272. The number of ether oxygens (including phenoxy) is 1. The molecule has 14 heavy (non-hydrogen) atoms. The zero-order valence-electron chi connectivity index (χ0n) is 9.21. The van der Waals surface area contributed by atoms with E-state index >= 15 is 0 Å². The molecule has 1 rings (SSSR count). The molecule has 0 radical (unpaired) electrons.